The van der Waals surface area contributed by atoms with Crippen LogP contribution in [0.1, 0.15) is 39.0 Å². The summed E-state index contributed by atoms with van der Waals surface area (Å²) in [5.74, 6) is 0.342. The molecule has 0 aromatic carbocycles. The SMILES string of the molecule is CC1CCCCN1C(=O)C1CCCN1. The highest BCUT2D eigenvalue weighted by molar-refractivity contribution is 5.82. The van der Waals surface area contributed by atoms with Crippen LogP contribution in [0.5, 0.6) is 0 Å². The average molecular weight is 196 g/mol. The van der Waals surface area contributed by atoms with Gasteiger partial charge in [0.2, 0.25) is 5.91 Å². The van der Waals surface area contributed by atoms with Crippen LogP contribution in [0.15, 0.2) is 0 Å². The summed E-state index contributed by atoms with van der Waals surface area (Å²) in [6, 6.07) is 0.578. The molecule has 1 N–H and O–H groups in total. The number of hydrogen-bond acceptors (Lipinski definition) is 2. The summed E-state index contributed by atoms with van der Waals surface area (Å²) in [7, 11) is 0. The van der Waals surface area contributed by atoms with Gasteiger partial charge in [0.05, 0.1) is 6.04 Å². The number of likely N-dealkylation sites (tertiary alicyclic amines) is 1. The van der Waals surface area contributed by atoms with E-state index < -0.39 is 0 Å². The molecule has 2 heterocycles. The zero-order valence-corrected chi connectivity index (χ0v) is 8.96. The van der Waals surface area contributed by atoms with E-state index in [9.17, 15) is 4.79 Å². The van der Waals surface area contributed by atoms with Crippen LogP contribution < -0.4 is 5.32 Å². The van der Waals surface area contributed by atoms with Crippen molar-refractivity contribution >= 4 is 5.91 Å². The van der Waals surface area contributed by atoms with Gasteiger partial charge in [0.25, 0.3) is 0 Å². The van der Waals surface area contributed by atoms with Crippen LogP contribution in [0, 0.1) is 0 Å². The number of carbonyl (C=O) groups excluding carboxylic acids is 1. The summed E-state index contributed by atoms with van der Waals surface area (Å²) in [5, 5.41) is 3.28. The average Bonchev–Trinajstić information content (AvgIpc) is 2.70. The van der Waals surface area contributed by atoms with Crippen molar-refractivity contribution in [3.05, 3.63) is 0 Å². The normalized spacial score (nSPS) is 33.4. The van der Waals surface area contributed by atoms with Gasteiger partial charge in [0, 0.05) is 12.6 Å². The molecule has 2 unspecified atom stereocenters. The van der Waals surface area contributed by atoms with Gasteiger partial charge in [-0.15, -0.1) is 0 Å². The van der Waals surface area contributed by atoms with Crippen LogP contribution in [0.2, 0.25) is 0 Å². The second-order valence-corrected chi connectivity index (χ2v) is 4.53. The Labute approximate surface area is 85.8 Å². The molecule has 0 saturated carbocycles. The number of carbonyl (C=O) groups is 1. The second-order valence-electron chi connectivity index (χ2n) is 4.53. The molecular formula is C11H20N2O. The molecule has 2 aliphatic rings. The molecule has 14 heavy (non-hydrogen) atoms. The molecule has 2 aliphatic heterocycles. The maximum Gasteiger partial charge on any atom is 0.239 e. The smallest absolute Gasteiger partial charge is 0.239 e. The zero-order chi connectivity index (χ0) is 9.97. The predicted octanol–water partition coefficient (Wildman–Crippen LogP) is 1.14. The number of piperidine rings is 1. The van der Waals surface area contributed by atoms with Crippen molar-refractivity contribution in [2.24, 2.45) is 0 Å². The Kier molecular flexibility index (Phi) is 3.06. The van der Waals surface area contributed by atoms with Gasteiger partial charge < -0.3 is 10.2 Å². The van der Waals surface area contributed by atoms with Crippen molar-refractivity contribution in [1.82, 2.24) is 10.2 Å². The number of nitrogens with one attached hydrogen (secondary N) is 1. The molecule has 0 radical (unpaired) electrons. The first kappa shape index (κ1) is 9.97. The van der Waals surface area contributed by atoms with Gasteiger partial charge in [-0.3, -0.25) is 4.79 Å². The Hall–Kier alpha value is -0.570. The highest BCUT2D eigenvalue weighted by atomic mass is 16.2. The molecular weight excluding hydrogens is 176 g/mol. The van der Waals surface area contributed by atoms with Gasteiger partial charge >= 0.3 is 0 Å². The van der Waals surface area contributed by atoms with Crippen molar-refractivity contribution in [3.63, 3.8) is 0 Å². The Morgan fingerprint density at radius 2 is 2.14 bits per heavy atom. The fraction of sp³-hybridized carbons (Fsp3) is 0.909. The van der Waals surface area contributed by atoms with E-state index in [4.69, 9.17) is 0 Å². The van der Waals surface area contributed by atoms with Gasteiger partial charge in [-0.25, -0.2) is 0 Å². The summed E-state index contributed by atoms with van der Waals surface area (Å²) < 4.78 is 0. The van der Waals surface area contributed by atoms with Gasteiger partial charge in [-0.05, 0) is 45.6 Å². The van der Waals surface area contributed by atoms with E-state index in [1.165, 1.54) is 19.3 Å². The van der Waals surface area contributed by atoms with Crippen molar-refractivity contribution in [2.75, 3.05) is 13.1 Å². The van der Waals surface area contributed by atoms with Gasteiger partial charge in [-0.1, -0.05) is 0 Å². The van der Waals surface area contributed by atoms with Crippen molar-refractivity contribution in [1.29, 1.82) is 0 Å². The summed E-state index contributed by atoms with van der Waals surface area (Å²) >= 11 is 0. The van der Waals surface area contributed by atoms with Crippen LogP contribution in [-0.4, -0.2) is 36.0 Å². The van der Waals surface area contributed by atoms with Crippen molar-refractivity contribution < 1.29 is 4.79 Å². The van der Waals surface area contributed by atoms with Crippen LogP contribution in [0.25, 0.3) is 0 Å². The molecule has 0 aliphatic carbocycles. The highest BCUT2D eigenvalue weighted by Crippen LogP contribution is 2.19. The minimum absolute atomic E-state index is 0.121. The third kappa shape index (κ3) is 1.92. The first-order chi connectivity index (χ1) is 6.79. The maximum atomic E-state index is 12.1. The largest absolute Gasteiger partial charge is 0.339 e. The molecule has 3 nitrogen and oxygen atoms in total. The molecule has 0 aromatic heterocycles. The molecule has 80 valence electrons. The number of rotatable bonds is 1. The van der Waals surface area contributed by atoms with E-state index in [-0.39, 0.29) is 6.04 Å². The second kappa shape index (κ2) is 4.30. The van der Waals surface area contributed by atoms with Gasteiger partial charge in [-0.2, -0.15) is 0 Å². The summed E-state index contributed by atoms with van der Waals surface area (Å²) in [4.78, 5) is 14.2. The number of nitrogens with zero attached hydrogens (tertiary/aromatic N) is 1. The lowest BCUT2D eigenvalue weighted by atomic mass is 10.0. The molecule has 2 fully saturated rings. The fourth-order valence-electron chi connectivity index (χ4n) is 2.52. The minimum atomic E-state index is 0.121. The van der Waals surface area contributed by atoms with Crippen LogP contribution in [0.4, 0.5) is 0 Å². The Morgan fingerprint density at radius 3 is 2.79 bits per heavy atom. The lowest BCUT2D eigenvalue weighted by molar-refractivity contribution is -0.136. The lowest BCUT2D eigenvalue weighted by Crippen LogP contribution is -2.49. The Morgan fingerprint density at radius 1 is 1.29 bits per heavy atom. The quantitative estimate of drug-likeness (QED) is 0.682. The van der Waals surface area contributed by atoms with Crippen LogP contribution in [-0.2, 0) is 4.79 Å². The number of amides is 1. The van der Waals surface area contributed by atoms with Crippen LogP contribution >= 0.6 is 0 Å². The van der Waals surface area contributed by atoms with Crippen molar-refractivity contribution in [2.45, 2.75) is 51.1 Å². The van der Waals surface area contributed by atoms with E-state index in [1.807, 2.05) is 0 Å². The van der Waals surface area contributed by atoms with Crippen LogP contribution in [0.3, 0.4) is 0 Å². The van der Waals surface area contributed by atoms with Gasteiger partial charge in [0.1, 0.15) is 0 Å². The topological polar surface area (TPSA) is 32.3 Å². The third-order valence-corrected chi connectivity index (χ3v) is 3.44. The first-order valence-electron chi connectivity index (χ1n) is 5.83. The first-order valence-corrected chi connectivity index (χ1v) is 5.83. The molecule has 0 aromatic rings. The van der Waals surface area contributed by atoms with Crippen molar-refractivity contribution in [3.8, 4) is 0 Å². The van der Waals surface area contributed by atoms with E-state index in [0.717, 1.165) is 25.9 Å². The standard InChI is InChI=1S/C11H20N2O/c1-9-5-2-3-8-13(9)11(14)10-6-4-7-12-10/h9-10,12H,2-8H2,1H3. The molecule has 0 bridgehead atoms. The molecule has 2 saturated heterocycles. The monoisotopic (exact) mass is 196 g/mol. The zero-order valence-electron chi connectivity index (χ0n) is 8.96. The molecule has 2 atom stereocenters. The summed E-state index contributed by atoms with van der Waals surface area (Å²) in [6.07, 6.45) is 5.82. The maximum absolute atomic E-state index is 12.1. The van der Waals surface area contributed by atoms with E-state index >= 15 is 0 Å². The summed E-state index contributed by atoms with van der Waals surface area (Å²) in [5.41, 5.74) is 0. The van der Waals surface area contributed by atoms with E-state index in [1.54, 1.807) is 0 Å². The minimum Gasteiger partial charge on any atom is -0.339 e. The lowest BCUT2D eigenvalue weighted by Gasteiger charge is -2.35. The van der Waals surface area contributed by atoms with E-state index in [2.05, 4.69) is 17.1 Å². The Balaban J connectivity index is 1.94. The Bertz CT molecular complexity index is 211. The third-order valence-electron chi connectivity index (χ3n) is 3.44. The van der Waals surface area contributed by atoms with E-state index in [0.29, 0.717) is 11.9 Å². The summed E-state index contributed by atoms with van der Waals surface area (Å²) in [6.45, 7) is 4.16. The fourth-order valence-corrected chi connectivity index (χ4v) is 2.52. The molecule has 0 spiro atoms. The molecule has 3 heteroatoms. The predicted molar refractivity (Wildman–Crippen MR) is 56.1 cm³/mol. The highest BCUT2D eigenvalue weighted by Gasteiger charge is 2.30. The molecule has 2 rings (SSSR count). The molecule has 1 amide bonds. The number of hydrogen-bond donors (Lipinski definition) is 1. The van der Waals surface area contributed by atoms with Gasteiger partial charge in [0.15, 0.2) is 0 Å².